The van der Waals surface area contributed by atoms with Crippen LogP contribution in [0.3, 0.4) is 0 Å². The van der Waals surface area contributed by atoms with E-state index in [1.54, 1.807) is 17.2 Å². The number of aliphatic carboxylic acids is 1. The number of nitrogens with one attached hydrogen (secondary N) is 1. The Morgan fingerprint density at radius 3 is 2.53 bits per heavy atom. The van der Waals surface area contributed by atoms with Gasteiger partial charge in [0.1, 0.15) is 15.8 Å². The molecule has 4 rings (SSSR count). The lowest BCUT2D eigenvalue weighted by molar-refractivity contribution is -0.134. The first-order valence-electron chi connectivity index (χ1n) is 11.4. The quantitative estimate of drug-likeness (QED) is 0.347. The summed E-state index contributed by atoms with van der Waals surface area (Å²) in [6, 6.07) is 13.6. The summed E-state index contributed by atoms with van der Waals surface area (Å²) in [5.41, 5.74) is 2.64. The lowest BCUT2D eigenvalue weighted by Crippen LogP contribution is -2.28. The van der Waals surface area contributed by atoms with E-state index < -0.39 is 5.97 Å². The van der Waals surface area contributed by atoms with Gasteiger partial charge >= 0.3 is 0 Å². The van der Waals surface area contributed by atoms with E-state index >= 15 is 0 Å². The molecular formula is C26H28N4O4S2. The van der Waals surface area contributed by atoms with Crippen molar-refractivity contribution in [2.45, 2.75) is 40.2 Å². The fraction of sp³-hybridized carbons (Fsp3) is 0.269. The summed E-state index contributed by atoms with van der Waals surface area (Å²) in [7, 11) is 0. The summed E-state index contributed by atoms with van der Waals surface area (Å²) in [6.07, 6.45) is 4.13. The number of aromatic nitrogens is 2. The summed E-state index contributed by atoms with van der Waals surface area (Å²) in [5, 5.41) is 10.8. The molecule has 0 saturated carbocycles. The molecule has 0 spiro atoms. The number of rotatable bonds is 6. The first kappa shape index (κ1) is 27.1. The molecule has 1 aliphatic heterocycles. The van der Waals surface area contributed by atoms with Gasteiger partial charge in [0.05, 0.1) is 10.5 Å². The predicted molar refractivity (Wildman–Crippen MR) is 148 cm³/mol. The van der Waals surface area contributed by atoms with Gasteiger partial charge in [-0.3, -0.25) is 23.7 Å². The maximum absolute atomic E-state index is 13.5. The number of aryl methyl sites for hydroxylation is 1. The van der Waals surface area contributed by atoms with Crippen molar-refractivity contribution in [1.82, 2.24) is 14.3 Å². The highest BCUT2D eigenvalue weighted by Gasteiger charge is 2.32. The largest absolute Gasteiger partial charge is 0.481 e. The average molecular weight is 525 g/mol. The number of hydrogen-bond acceptors (Lipinski definition) is 7. The van der Waals surface area contributed by atoms with Gasteiger partial charge in [0.15, 0.2) is 0 Å². The molecule has 1 fully saturated rings. The van der Waals surface area contributed by atoms with E-state index in [2.05, 4.69) is 5.32 Å². The molecule has 0 aliphatic carbocycles. The van der Waals surface area contributed by atoms with Crippen molar-refractivity contribution in [1.29, 1.82) is 0 Å². The van der Waals surface area contributed by atoms with Gasteiger partial charge in [-0.05, 0) is 43.5 Å². The number of thiocarbonyl (C=S) groups is 1. The molecular weight excluding hydrogens is 496 g/mol. The molecule has 2 aromatic heterocycles. The Kier molecular flexibility index (Phi) is 9.00. The Morgan fingerprint density at radius 2 is 1.89 bits per heavy atom. The number of hydrogen-bond donors (Lipinski definition) is 2. The maximum atomic E-state index is 13.5. The summed E-state index contributed by atoms with van der Waals surface area (Å²) >= 11 is 6.61. The maximum Gasteiger partial charge on any atom is 0.300 e. The molecule has 3 heterocycles. The Labute approximate surface area is 219 Å². The second-order valence-electron chi connectivity index (χ2n) is 8.19. The molecule has 1 atom stereocenters. The summed E-state index contributed by atoms with van der Waals surface area (Å²) < 4.78 is 2.03. The first-order chi connectivity index (χ1) is 17.1. The minimum Gasteiger partial charge on any atom is -0.481 e. The number of amides is 1. The summed E-state index contributed by atoms with van der Waals surface area (Å²) in [5.74, 6) is -0.556. The SMILES string of the molecule is CC(=O)O.CCCN1C(=O)C(=Cc2c(NC(C)c3ccccc3)nc3c(C)cccn3c2=O)SC1=S. The fourth-order valence-electron chi connectivity index (χ4n) is 3.63. The zero-order chi connectivity index (χ0) is 26.4. The van der Waals surface area contributed by atoms with E-state index in [0.717, 1.165) is 24.5 Å². The normalized spacial score (nSPS) is 15.1. The Morgan fingerprint density at radius 1 is 1.22 bits per heavy atom. The predicted octanol–water partition coefficient (Wildman–Crippen LogP) is 4.88. The minimum atomic E-state index is -0.833. The number of carboxylic acid groups (broad SMARTS) is 1. The van der Waals surface area contributed by atoms with Gasteiger partial charge in [0.25, 0.3) is 17.4 Å². The van der Waals surface area contributed by atoms with E-state index in [-0.39, 0.29) is 17.5 Å². The van der Waals surface area contributed by atoms with E-state index in [1.807, 2.05) is 63.2 Å². The molecule has 1 amide bonds. The van der Waals surface area contributed by atoms with Crippen molar-refractivity contribution in [3.63, 3.8) is 0 Å². The Bertz CT molecular complexity index is 1380. The van der Waals surface area contributed by atoms with Gasteiger partial charge in [-0.15, -0.1) is 0 Å². The third-order valence-corrected chi connectivity index (χ3v) is 6.71. The van der Waals surface area contributed by atoms with Crippen LogP contribution in [-0.4, -0.2) is 42.1 Å². The third kappa shape index (κ3) is 6.19. The molecule has 1 saturated heterocycles. The monoisotopic (exact) mass is 524 g/mol. The number of pyridine rings is 1. The lowest BCUT2D eigenvalue weighted by atomic mass is 10.1. The van der Waals surface area contributed by atoms with Crippen LogP contribution in [0.4, 0.5) is 5.82 Å². The standard InChI is InChI=1S/C24H24N4O2S2.C2H4O2/c1-4-12-28-23(30)19(32-24(28)31)14-18-20(25-16(3)17-10-6-5-7-11-17)26-21-15(2)9-8-13-27(21)22(18)29;1-2(3)4/h5-11,13-14,16,25H,4,12H2,1-3H3;1H3,(H,3,4). The van der Waals surface area contributed by atoms with Gasteiger partial charge in [-0.1, -0.05) is 67.3 Å². The van der Waals surface area contributed by atoms with Gasteiger partial charge < -0.3 is 10.4 Å². The molecule has 188 valence electrons. The highest BCUT2D eigenvalue weighted by atomic mass is 32.2. The summed E-state index contributed by atoms with van der Waals surface area (Å²) in [6.45, 7) is 7.58. The summed E-state index contributed by atoms with van der Waals surface area (Å²) in [4.78, 5) is 42.2. The third-order valence-electron chi connectivity index (χ3n) is 5.33. The molecule has 36 heavy (non-hydrogen) atoms. The molecule has 1 unspecified atom stereocenters. The van der Waals surface area contributed by atoms with Gasteiger partial charge in [-0.25, -0.2) is 4.98 Å². The van der Waals surface area contributed by atoms with Gasteiger partial charge in [-0.2, -0.15) is 0 Å². The van der Waals surface area contributed by atoms with Gasteiger partial charge in [0, 0.05) is 25.7 Å². The van der Waals surface area contributed by atoms with Crippen molar-refractivity contribution in [3.05, 3.63) is 80.6 Å². The zero-order valence-corrected chi connectivity index (χ0v) is 22.2. The van der Waals surface area contributed by atoms with Crippen molar-refractivity contribution >= 4 is 57.7 Å². The lowest BCUT2D eigenvalue weighted by Gasteiger charge is -2.18. The van der Waals surface area contributed by atoms with Crippen LogP contribution >= 0.6 is 24.0 Å². The molecule has 2 N–H and O–H groups in total. The average Bonchev–Trinajstić information content (AvgIpc) is 3.10. The van der Waals surface area contributed by atoms with Crippen LogP contribution in [0.15, 0.2) is 58.4 Å². The van der Waals surface area contributed by atoms with Crippen molar-refractivity contribution in [3.8, 4) is 0 Å². The molecule has 10 heteroatoms. The second-order valence-corrected chi connectivity index (χ2v) is 9.87. The van der Waals surface area contributed by atoms with Crippen LogP contribution in [0, 0.1) is 6.92 Å². The Hall–Kier alpha value is -3.50. The first-order valence-corrected chi connectivity index (χ1v) is 12.6. The molecule has 1 aliphatic rings. The van der Waals surface area contributed by atoms with Crippen LogP contribution in [0.5, 0.6) is 0 Å². The van der Waals surface area contributed by atoms with Crippen LogP contribution in [0.1, 0.15) is 49.9 Å². The molecule has 1 aromatic carbocycles. The molecule has 0 bridgehead atoms. The van der Waals surface area contributed by atoms with E-state index in [1.165, 1.54) is 16.2 Å². The Balaban J connectivity index is 0.000000840. The molecule has 0 radical (unpaired) electrons. The van der Waals surface area contributed by atoms with E-state index in [9.17, 15) is 9.59 Å². The smallest absolute Gasteiger partial charge is 0.300 e. The number of thioether (sulfide) groups is 1. The van der Waals surface area contributed by atoms with Crippen LogP contribution in [0.25, 0.3) is 11.7 Å². The topological polar surface area (TPSA) is 104 Å². The fourth-order valence-corrected chi connectivity index (χ4v) is 4.92. The number of nitrogens with zero attached hydrogens (tertiary/aromatic N) is 3. The van der Waals surface area contributed by atoms with Crippen molar-refractivity contribution in [2.75, 3.05) is 11.9 Å². The van der Waals surface area contributed by atoms with Gasteiger partial charge in [0.2, 0.25) is 0 Å². The number of carbonyl (C=O) groups is 2. The second kappa shape index (κ2) is 12.0. The number of benzene rings is 1. The van der Waals surface area contributed by atoms with Crippen molar-refractivity contribution < 1.29 is 14.7 Å². The number of anilines is 1. The highest BCUT2D eigenvalue weighted by molar-refractivity contribution is 8.26. The molecule has 3 aromatic rings. The van der Waals surface area contributed by atoms with Crippen LogP contribution in [-0.2, 0) is 9.59 Å². The highest BCUT2D eigenvalue weighted by Crippen LogP contribution is 2.33. The zero-order valence-electron chi connectivity index (χ0n) is 20.5. The number of carboxylic acids is 1. The van der Waals surface area contributed by atoms with E-state index in [0.29, 0.717) is 32.8 Å². The number of fused-ring (bicyclic) bond motifs is 1. The van der Waals surface area contributed by atoms with Crippen LogP contribution < -0.4 is 10.9 Å². The van der Waals surface area contributed by atoms with E-state index in [4.69, 9.17) is 27.1 Å². The minimum absolute atomic E-state index is 0.0867. The van der Waals surface area contributed by atoms with Crippen LogP contribution in [0.2, 0.25) is 0 Å². The molecule has 8 nitrogen and oxygen atoms in total. The van der Waals surface area contributed by atoms with Crippen molar-refractivity contribution in [2.24, 2.45) is 0 Å². The number of carbonyl (C=O) groups excluding carboxylic acids is 1.